The summed E-state index contributed by atoms with van der Waals surface area (Å²) in [5, 5.41) is 4.89. The van der Waals surface area contributed by atoms with E-state index >= 15 is 0 Å². The first-order valence-corrected chi connectivity index (χ1v) is 6.27. The second-order valence-corrected chi connectivity index (χ2v) is 4.89. The van der Waals surface area contributed by atoms with Gasteiger partial charge in [0.05, 0.1) is 5.69 Å². The summed E-state index contributed by atoms with van der Waals surface area (Å²) in [5.74, 6) is 0.637. The van der Waals surface area contributed by atoms with Crippen LogP contribution in [0.5, 0.6) is 5.75 Å². The summed E-state index contributed by atoms with van der Waals surface area (Å²) >= 11 is 1.67. The summed E-state index contributed by atoms with van der Waals surface area (Å²) in [7, 11) is 0. The van der Waals surface area contributed by atoms with Crippen LogP contribution in [0, 0.1) is 0 Å². The molecule has 2 aromatic rings. The number of nitrogens with one attached hydrogen (secondary N) is 1. The van der Waals surface area contributed by atoms with E-state index in [1.807, 2.05) is 29.6 Å². The molecule has 1 amide bonds. The third-order valence-electron chi connectivity index (χ3n) is 2.72. The van der Waals surface area contributed by atoms with Crippen LogP contribution in [0.4, 0.5) is 5.69 Å². The van der Waals surface area contributed by atoms with E-state index < -0.39 is 6.10 Å². The maximum atomic E-state index is 11.5. The zero-order valence-electron chi connectivity index (χ0n) is 9.27. The summed E-state index contributed by atoms with van der Waals surface area (Å²) in [4.78, 5) is 12.7. The van der Waals surface area contributed by atoms with Crippen LogP contribution in [-0.2, 0) is 4.79 Å². The molecule has 1 atom stereocenters. The molecule has 0 aliphatic carbocycles. The van der Waals surface area contributed by atoms with Gasteiger partial charge >= 0.3 is 0 Å². The molecule has 0 saturated heterocycles. The molecule has 1 aliphatic rings. The van der Waals surface area contributed by atoms with Gasteiger partial charge in [0.25, 0.3) is 5.91 Å². The van der Waals surface area contributed by atoms with Crippen LogP contribution in [-0.4, -0.2) is 12.0 Å². The predicted molar refractivity (Wildman–Crippen MR) is 68.5 cm³/mol. The Morgan fingerprint density at radius 2 is 2.24 bits per heavy atom. The van der Waals surface area contributed by atoms with Crippen LogP contribution in [0.25, 0.3) is 10.4 Å². The van der Waals surface area contributed by atoms with Gasteiger partial charge in [-0.2, -0.15) is 0 Å². The Balaban J connectivity index is 2.02. The molecule has 3 nitrogen and oxygen atoms in total. The first-order valence-electron chi connectivity index (χ1n) is 5.39. The van der Waals surface area contributed by atoms with Gasteiger partial charge < -0.3 is 10.1 Å². The fourth-order valence-electron chi connectivity index (χ4n) is 1.80. The van der Waals surface area contributed by atoms with Crippen molar-refractivity contribution in [1.82, 2.24) is 0 Å². The van der Waals surface area contributed by atoms with Gasteiger partial charge in [-0.1, -0.05) is 6.07 Å². The van der Waals surface area contributed by atoms with Crippen LogP contribution in [0.1, 0.15) is 6.92 Å². The van der Waals surface area contributed by atoms with E-state index in [1.165, 1.54) is 4.88 Å². The third-order valence-corrected chi connectivity index (χ3v) is 3.64. The highest BCUT2D eigenvalue weighted by Crippen LogP contribution is 2.35. The van der Waals surface area contributed by atoms with Crippen molar-refractivity contribution >= 4 is 22.9 Å². The fraction of sp³-hybridized carbons (Fsp3) is 0.154. The van der Waals surface area contributed by atoms with E-state index in [-0.39, 0.29) is 5.91 Å². The van der Waals surface area contributed by atoms with Crippen LogP contribution in [0.3, 0.4) is 0 Å². The van der Waals surface area contributed by atoms with Gasteiger partial charge in [0.1, 0.15) is 5.75 Å². The number of benzene rings is 1. The zero-order chi connectivity index (χ0) is 11.8. The van der Waals surface area contributed by atoms with Gasteiger partial charge in [-0.05, 0) is 42.1 Å². The first kappa shape index (κ1) is 10.4. The van der Waals surface area contributed by atoms with Gasteiger partial charge in [-0.3, -0.25) is 4.79 Å². The number of amides is 1. The van der Waals surface area contributed by atoms with Crippen molar-refractivity contribution in [2.24, 2.45) is 0 Å². The summed E-state index contributed by atoms with van der Waals surface area (Å²) < 4.78 is 5.51. The number of hydrogen-bond acceptors (Lipinski definition) is 3. The van der Waals surface area contributed by atoms with Gasteiger partial charge in [-0.25, -0.2) is 0 Å². The molecule has 0 radical (unpaired) electrons. The second kappa shape index (κ2) is 3.89. The Kier molecular flexibility index (Phi) is 2.37. The molecule has 0 bridgehead atoms. The van der Waals surface area contributed by atoms with Crippen LogP contribution < -0.4 is 10.1 Å². The van der Waals surface area contributed by atoms with Crippen molar-refractivity contribution in [1.29, 1.82) is 0 Å². The van der Waals surface area contributed by atoms with Crippen molar-refractivity contribution < 1.29 is 9.53 Å². The lowest BCUT2D eigenvalue weighted by Crippen LogP contribution is -2.34. The topological polar surface area (TPSA) is 38.3 Å². The summed E-state index contributed by atoms with van der Waals surface area (Å²) in [6.07, 6.45) is -0.421. The smallest absolute Gasteiger partial charge is 0.265 e. The van der Waals surface area contributed by atoms with E-state index in [0.717, 1.165) is 17.0 Å². The zero-order valence-corrected chi connectivity index (χ0v) is 10.1. The lowest BCUT2D eigenvalue weighted by atomic mass is 10.1. The number of fused-ring (bicyclic) bond motifs is 1. The third kappa shape index (κ3) is 1.80. The Hall–Kier alpha value is -1.81. The van der Waals surface area contributed by atoms with Crippen molar-refractivity contribution in [3.63, 3.8) is 0 Å². The van der Waals surface area contributed by atoms with Crippen molar-refractivity contribution in [3.05, 3.63) is 35.7 Å². The Labute approximate surface area is 103 Å². The highest BCUT2D eigenvalue weighted by atomic mass is 32.1. The molecule has 0 saturated carbocycles. The Morgan fingerprint density at radius 1 is 1.35 bits per heavy atom. The summed E-state index contributed by atoms with van der Waals surface area (Å²) in [5.41, 5.74) is 1.84. The Bertz CT molecular complexity index is 563. The fourth-order valence-corrected chi connectivity index (χ4v) is 2.53. The summed E-state index contributed by atoms with van der Waals surface area (Å²) in [6, 6.07) is 9.93. The van der Waals surface area contributed by atoms with Gasteiger partial charge in [-0.15, -0.1) is 11.3 Å². The van der Waals surface area contributed by atoms with Crippen molar-refractivity contribution in [2.75, 3.05) is 5.32 Å². The molecule has 4 heteroatoms. The minimum absolute atomic E-state index is 0.0965. The quantitative estimate of drug-likeness (QED) is 0.838. The van der Waals surface area contributed by atoms with Gasteiger partial charge in [0.15, 0.2) is 6.10 Å². The molecule has 0 spiro atoms. The van der Waals surface area contributed by atoms with E-state index in [0.29, 0.717) is 0 Å². The molecule has 1 unspecified atom stereocenters. The maximum absolute atomic E-state index is 11.5. The van der Waals surface area contributed by atoms with Gasteiger partial charge in [0.2, 0.25) is 0 Å². The molecule has 17 heavy (non-hydrogen) atoms. The average molecular weight is 245 g/mol. The van der Waals surface area contributed by atoms with E-state index in [1.54, 1.807) is 18.3 Å². The normalized spacial score (nSPS) is 18.2. The van der Waals surface area contributed by atoms with Crippen LogP contribution in [0.15, 0.2) is 35.7 Å². The number of ether oxygens (including phenoxy) is 1. The van der Waals surface area contributed by atoms with Crippen LogP contribution >= 0.6 is 11.3 Å². The lowest BCUT2D eigenvalue weighted by Gasteiger charge is -2.23. The molecule has 2 heterocycles. The Morgan fingerprint density at radius 3 is 3.00 bits per heavy atom. The number of carbonyl (C=O) groups excluding carboxylic acids is 1. The largest absolute Gasteiger partial charge is 0.479 e. The van der Waals surface area contributed by atoms with Crippen molar-refractivity contribution in [2.45, 2.75) is 13.0 Å². The number of thiophene rings is 1. The SMILES string of the molecule is CC1Oc2ccc(-c3cccs3)cc2NC1=O. The predicted octanol–water partition coefficient (Wildman–Crippen LogP) is 3.13. The summed E-state index contributed by atoms with van der Waals surface area (Å²) in [6.45, 7) is 1.74. The van der Waals surface area contributed by atoms with Gasteiger partial charge in [0, 0.05) is 4.88 Å². The number of carbonyl (C=O) groups is 1. The molecule has 1 N–H and O–H groups in total. The average Bonchev–Trinajstić information content (AvgIpc) is 2.83. The minimum atomic E-state index is -0.421. The maximum Gasteiger partial charge on any atom is 0.265 e. The molecule has 1 aromatic carbocycles. The monoisotopic (exact) mass is 245 g/mol. The highest BCUT2D eigenvalue weighted by Gasteiger charge is 2.23. The standard InChI is InChI=1S/C13H11NO2S/c1-8-13(15)14-10-7-9(4-5-11(10)16-8)12-3-2-6-17-12/h2-8H,1H3,(H,14,15). The van der Waals surface area contributed by atoms with E-state index in [4.69, 9.17) is 4.74 Å². The molecular formula is C13H11NO2S. The van der Waals surface area contributed by atoms with E-state index in [2.05, 4.69) is 11.4 Å². The highest BCUT2D eigenvalue weighted by molar-refractivity contribution is 7.13. The molecule has 86 valence electrons. The first-order chi connectivity index (χ1) is 8.24. The number of rotatable bonds is 1. The molecular weight excluding hydrogens is 234 g/mol. The van der Waals surface area contributed by atoms with Crippen molar-refractivity contribution in [3.8, 4) is 16.2 Å². The second-order valence-electron chi connectivity index (χ2n) is 3.94. The molecule has 1 aliphatic heterocycles. The molecule has 0 fully saturated rings. The lowest BCUT2D eigenvalue weighted by molar-refractivity contribution is -0.122. The minimum Gasteiger partial charge on any atom is -0.479 e. The molecule has 1 aromatic heterocycles. The molecule has 3 rings (SSSR count). The van der Waals surface area contributed by atoms with Crippen LogP contribution in [0.2, 0.25) is 0 Å². The number of anilines is 1. The number of hydrogen-bond donors (Lipinski definition) is 1. The van der Waals surface area contributed by atoms with E-state index in [9.17, 15) is 4.79 Å².